The van der Waals surface area contributed by atoms with Crippen molar-refractivity contribution < 1.29 is 29.3 Å². The van der Waals surface area contributed by atoms with Gasteiger partial charge in [0, 0.05) is 67.1 Å². The molecule has 12 heteroatoms. The van der Waals surface area contributed by atoms with Crippen molar-refractivity contribution in [1.29, 1.82) is 0 Å². The number of hydrogen-bond acceptors (Lipinski definition) is 11. The SMILES string of the molecule is CC(=O)OC1CCc2cc(c(O)c3c2CCC2CCCC2O3)CN2CC3(CC2=O)C(CCC3c2ccccc2)CN=C(N)NC2(CCCC23CCCC3)SSCC(CCc2ccccc2)CCCCC(O)C1. The molecule has 3 heterocycles. The van der Waals surface area contributed by atoms with Crippen LogP contribution in [0.25, 0.3) is 0 Å². The summed E-state index contributed by atoms with van der Waals surface area (Å²) in [5, 5.41) is 27.9. The maximum absolute atomic E-state index is 14.7. The zero-order chi connectivity index (χ0) is 49.7. The average molecular weight is 1020 g/mol. The number of esters is 1. The molecule has 5 fully saturated rings. The van der Waals surface area contributed by atoms with Crippen molar-refractivity contribution in [2.24, 2.45) is 39.3 Å². The second-order valence-corrected chi connectivity index (χ2v) is 26.0. The smallest absolute Gasteiger partial charge is 0.302 e. The fourth-order valence-electron chi connectivity index (χ4n) is 15.2. The third kappa shape index (κ3) is 11.2. The number of phenolic OH excluding ortho intramolecular Hbond substituents is 1. The summed E-state index contributed by atoms with van der Waals surface area (Å²) in [6.45, 7) is 2.88. The number of ether oxygens (including phenoxy) is 2. The Labute approximate surface area is 437 Å². The fourth-order valence-corrected chi connectivity index (χ4v) is 19.1. The highest BCUT2D eigenvalue weighted by atomic mass is 33.1. The molecule has 10 nitrogen and oxygen atoms in total. The zero-order valence-corrected chi connectivity index (χ0v) is 44.6. The molecule has 0 aromatic heterocycles. The number of aliphatic hydroxyl groups excluding tert-OH is 1. The Morgan fingerprint density at radius 3 is 2.47 bits per heavy atom. The molecule has 3 aromatic carbocycles. The van der Waals surface area contributed by atoms with Gasteiger partial charge in [-0.3, -0.25) is 14.6 Å². The molecular formula is C60H82N4O6S2. The predicted octanol–water partition coefficient (Wildman–Crippen LogP) is 12.0. The van der Waals surface area contributed by atoms with E-state index in [0.29, 0.717) is 74.3 Å². The summed E-state index contributed by atoms with van der Waals surface area (Å²) in [7, 11) is 4.07. The highest BCUT2D eigenvalue weighted by molar-refractivity contribution is 8.77. The van der Waals surface area contributed by atoms with Crippen molar-refractivity contribution in [3.63, 3.8) is 0 Å². The number of phenols is 1. The van der Waals surface area contributed by atoms with Gasteiger partial charge >= 0.3 is 5.97 Å². The molecule has 4 saturated carbocycles. The summed E-state index contributed by atoms with van der Waals surface area (Å²) >= 11 is 0. The maximum Gasteiger partial charge on any atom is 0.302 e. The van der Waals surface area contributed by atoms with Crippen molar-refractivity contribution in [2.75, 3.05) is 18.8 Å². The Morgan fingerprint density at radius 1 is 0.889 bits per heavy atom. The van der Waals surface area contributed by atoms with E-state index >= 15 is 0 Å². The number of amides is 1. The summed E-state index contributed by atoms with van der Waals surface area (Å²) in [5.74, 6) is 3.39. The minimum absolute atomic E-state index is 0.0620. The highest BCUT2D eigenvalue weighted by Crippen LogP contribution is 2.63. The number of aliphatic hydroxyl groups is 1. The van der Waals surface area contributed by atoms with Crippen LogP contribution < -0.4 is 15.8 Å². The lowest BCUT2D eigenvalue weighted by atomic mass is 9.68. The molecule has 390 valence electrons. The summed E-state index contributed by atoms with van der Waals surface area (Å²) < 4.78 is 12.8. The van der Waals surface area contributed by atoms with Gasteiger partial charge in [0.05, 0.1) is 6.10 Å². The first-order valence-electron chi connectivity index (χ1n) is 28.2. The van der Waals surface area contributed by atoms with Crippen molar-refractivity contribution >= 4 is 39.4 Å². The van der Waals surface area contributed by atoms with E-state index in [9.17, 15) is 19.8 Å². The lowest BCUT2D eigenvalue weighted by Crippen LogP contribution is -2.55. The van der Waals surface area contributed by atoms with E-state index in [1.165, 1.54) is 56.6 Å². The van der Waals surface area contributed by atoms with Crippen LogP contribution in [0.3, 0.4) is 0 Å². The van der Waals surface area contributed by atoms with Gasteiger partial charge in [0.2, 0.25) is 5.91 Å². The van der Waals surface area contributed by atoms with Crippen LogP contribution in [0.4, 0.5) is 0 Å². The van der Waals surface area contributed by atoms with Gasteiger partial charge in [0.25, 0.3) is 0 Å². The minimum atomic E-state index is -0.591. The van der Waals surface area contributed by atoms with Crippen LogP contribution in [0, 0.1) is 28.6 Å². The number of carbonyl (C=O) groups is 2. The number of rotatable bonds is 5. The Hall–Kier alpha value is -3.87. The van der Waals surface area contributed by atoms with Gasteiger partial charge in [0.1, 0.15) is 17.1 Å². The van der Waals surface area contributed by atoms with E-state index < -0.39 is 12.2 Å². The number of guanidine groups is 1. The summed E-state index contributed by atoms with van der Waals surface area (Å²) in [4.78, 5) is 34.4. The molecule has 3 aromatic rings. The van der Waals surface area contributed by atoms with E-state index in [4.69, 9.17) is 20.2 Å². The van der Waals surface area contributed by atoms with Gasteiger partial charge in [-0.05, 0) is 162 Å². The van der Waals surface area contributed by atoms with E-state index in [0.717, 1.165) is 100 Å². The van der Waals surface area contributed by atoms with E-state index in [2.05, 4.69) is 72.0 Å². The molecule has 0 radical (unpaired) electrons. The summed E-state index contributed by atoms with van der Waals surface area (Å²) in [5.41, 5.74) is 12.4. The Balaban J connectivity index is 0.981. The number of aliphatic imine (C=N–C) groups is 1. The topological polar surface area (TPSA) is 147 Å². The van der Waals surface area contributed by atoms with Crippen LogP contribution in [-0.2, 0) is 40.1 Å². The molecule has 1 saturated heterocycles. The number of carbonyl (C=O) groups excluding carboxylic acids is 2. The van der Waals surface area contributed by atoms with E-state index in [-0.39, 0.29) is 57.8 Å². The number of nitrogens with zero attached hydrogens (tertiary/aromatic N) is 2. The van der Waals surface area contributed by atoms with E-state index in [1.54, 1.807) is 0 Å². The lowest BCUT2D eigenvalue weighted by molar-refractivity contribution is -0.148. The number of aryl methyl sites for hydroxylation is 2. The van der Waals surface area contributed by atoms with Gasteiger partial charge < -0.3 is 35.6 Å². The second-order valence-electron chi connectivity index (χ2n) is 23.4. The zero-order valence-electron chi connectivity index (χ0n) is 43.0. The first-order valence-corrected chi connectivity index (χ1v) is 30.5. The normalized spacial score (nSPS) is 32.5. The number of nitrogens with one attached hydrogen (secondary N) is 1. The Kier molecular flexibility index (Phi) is 16.4. The predicted molar refractivity (Wildman–Crippen MR) is 291 cm³/mol. The third-order valence-corrected chi connectivity index (χ3v) is 22.3. The van der Waals surface area contributed by atoms with Crippen LogP contribution in [0.15, 0.2) is 71.7 Å². The molecule has 9 atom stereocenters. The molecular weight excluding hydrogens is 937 g/mol. The van der Waals surface area contributed by atoms with E-state index in [1.807, 2.05) is 26.5 Å². The van der Waals surface area contributed by atoms with Crippen LogP contribution in [-0.4, -0.2) is 75.0 Å². The van der Waals surface area contributed by atoms with Gasteiger partial charge in [-0.1, -0.05) is 108 Å². The van der Waals surface area contributed by atoms with Gasteiger partial charge in [0.15, 0.2) is 17.5 Å². The van der Waals surface area contributed by atoms with Gasteiger partial charge in [-0.25, -0.2) is 0 Å². The number of hydrogen-bond donors (Lipinski definition) is 4. The number of benzene rings is 3. The molecule has 4 aliphatic carbocycles. The molecule has 5 N–H and O–H groups in total. The molecule has 7 aliphatic rings. The summed E-state index contributed by atoms with van der Waals surface area (Å²) in [6.07, 6.45) is 22.2. The number of nitrogens with two attached hydrogens (primary N) is 1. The first-order chi connectivity index (χ1) is 35.0. The number of aromatic hydroxyl groups is 1. The average Bonchev–Trinajstić information content (AvgIpc) is 4.21. The summed E-state index contributed by atoms with van der Waals surface area (Å²) in [6, 6.07) is 23.8. The largest absolute Gasteiger partial charge is 0.504 e. The fraction of sp³-hybridized carbons (Fsp3) is 0.650. The molecule has 3 aliphatic heterocycles. The van der Waals surface area contributed by atoms with Crippen molar-refractivity contribution in [3.05, 3.63) is 94.5 Å². The van der Waals surface area contributed by atoms with Crippen molar-refractivity contribution in [3.8, 4) is 11.5 Å². The van der Waals surface area contributed by atoms with Crippen LogP contribution >= 0.6 is 21.6 Å². The van der Waals surface area contributed by atoms with Crippen molar-refractivity contribution in [2.45, 2.75) is 197 Å². The molecule has 1 amide bonds. The maximum atomic E-state index is 14.7. The highest BCUT2D eigenvalue weighted by Gasteiger charge is 2.58. The first kappa shape index (κ1) is 51.6. The number of fused-ring (bicyclic) bond motifs is 7. The molecule has 3 spiro atoms. The lowest BCUT2D eigenvalue weighted by Gasteiger charge is -2.44. The quantitative estimate of drug-likeness (QED) is 0.144. The van der Waals surface area contributed by atoms with Crippen LogP contribution in [0.2, 0.25) is 0 Å². The molecule has 4 bridgehead atoms. The second kappa shape index (κ2) is 22.9. The molecule has 72 heavy (non-hydrogen) atoms. The standard InChI is InChI=1S/C60H82N4O6S2/c1-41(65)69-50-27-24-46-34-47(55(68)56-51(46)28-25-45-19-12-21-53(45)70-56)38-64-40-59(36-54(64)67)48(26-29-52(59)44-17-6-3-7-18-44)37-62-57(61)63-60(33-13-32-58(60)30-10-11-31-58)72-71-39-43(16-8-9-20-49(66)35-50)23-22-42-14-4-2-5-15-42/h2-7,14-15,17-18,34,43,45,48-50,52-53,66,68H,8-13,16,19-33,35-40H2,1H3,(H3,61,62,63). The molecule has 10 rings (SSSR count). The minimum Gasteiger partial charge on any atom is -0.504 e. The van der Waals surface area contributed by atoms with Gasteiger partial charge in [-0.15, -0.1) is 0 Å². The molecule has 9 unspecified atom stereocenters. The van der Waals surface area contributed by atoms with Crippen LogP contribution in [0.5, 0.6) is 11.5 Å². The Bertz CT molecular complexity index is 2360. The Morgan fingerprint density at radius 2 is 1.67 bits per heavy atom. The third-order valence-electron chi connectivity index (χ3n) is 19.0. The van der Waals surface area contributed by atoms with Crippen molar-refractivity contribution in [1.82, 2.24) is 10.2 Å². The van der Waals surface area contributed by atoms with Gasteiger partial charge in [-0.2, -0.15) is 0 Å². The monoisotopic (exact) mass is 1020 g/mol. The van der Waals surface area contributed by atoms with Crippen LogP contribution in [0.1, 0.15) is 175 Å².